The average Bonchev–Trinajstić information content (AvgIpc) is 2.61. The molecule has 1 aliphatic rings. The van der Waals surface area contributed by atoms with Crippen LogP contribution in [0, 0.1) is 6.92 Å². The largest absolute Gasteiger partial charge is 0.392 e. The number of hydrogen-bond acceptors (Lipinski definition) is 3. The van der Waals surface area contributed by atoms with E-state index in [0.717, 1.165) is 26.1 Å². The fourth-order valence-corrected chi connectivity index (χ4v) is 2.77. The molecule has 3 heteroatoms. The Hall–Kier alpha value is -0.900. The lowest BCUT2D eigenvalue weighted by atomic mass is 10.1. The molecule has 2 atom stereocenters. The minimum atomic E-state index is -0.168. The van der Waals surface area contributed by atoms with Gasteiger partial charge < -0.3 is 10.0 Å². The van der Waals surface area contributed by atoms with Crippen LogP contribution in [0.4, 0.5) is 0 Å². The van der Waals surface area contributed by atoms with Crippen LogP contribution in [0.3, 0.4) is 0 Å². The first kappa shape index (κ1) is 13.5. The van der Waals surface area contributed by atoms with Crippen molar-refractivity contribution < 1.29 is 5.11 Å². The molecule has 0 spiro atoms. The van der Waals surface area contributed by atoms with Crippen LogP contribution < -0.4 is 0 Å². The summed E-state index contributed by atoms with van der Waals surface area (Å²) in [6.45, 7) is 4.92. The van der Waals surface area contributed by atoms with Gasteiger partial charge in [0.15, 0.2) is 0 Å². The molecule has 18 heavy (non-hydrogen) atoms. The van der Waals surface area contributed by atoms with E-state index in [9.17, 15) is 5.11 Å². The third-order valence-corrected chi connectivity index (χ3v) is 3.72. The van der Waals surface area contributed by atoms with E-state index in [-0.39, 0.29) is 6.10 Å². The lowest BCUT2D eigenvalue weighted by Gasteiger charge is -2.27. The van der Waals surface area contributed by atoms with Crippen molar-refractivity contribution in [1.29, 1.82) is 0 Å². The van der Waals surface area contributed by atoms with Gasteiger partial charge in [0, 0.05) is 25.7 Å². The van der Waals surface area contributed by atoms with Crippen molar-refractivity contribution in [2.75, 3.05) is 27.2 Å². The van der Waals surface area contributed by atoms with Crippen LogP contribution in [0.1, 0.15) is 17.5 Å². The molecular formula is C15H24N2O. The smallest absolute Gasteiger partial charge is 0.0682 e. The molecule has 0 aliphatic carbocycles. The Morgan fingerprint density at radius 1 is 1.33 bits per heavy atom. The van der Waals surface area contributed by atoms with Crippen molar-refractivity contribution in [2.45, 2.75) is 32.0 Å². The van der Waals surface area contributed by atoms with Crippen LogP contribution in [-0.2, 0) is 6.54 Å². The molecule has 0 amide bonds. The lowest BCUT2D eigenvalue weighted by Crippen LogP contribution is -2.37. The minimum Gasteiger partial charge on any atom is -0.392 e. The van der Waals surface area contributed by atoms with Crippen molar-refractivity contribution in [3.63, 3.8) is 0 Å². The van der Waals surface area contributed by atoms with Crippen LogP contribution in [0.2, 0.25) is 0 Å². The lowest BCUT2D eigenvalue weighted by molar-refractivity contribution is 0.169. The summed E-state index contributed by atoms with van der Waals surface area (Å²) in [6, 6.07) is 8.98. The van der Waals surface area contributed by atoms with Crippen LogP contribution in [0.5, 0.6) is 0 Å². The maximum atomic E-state index is 9.87. The Balaban J connectivity index is 2.05. The van der Waals surface area contributed by atoms with Gasteiger partial charge in [-0.1, -0.05) is 24.3 Å². The molecule has 1 heterocycles. The molecule has 1 N–H and O–H groups in total. The number of aliphatic hydroxyl groups excluding tert-OH is 1. The SMILES string of the molecule is Cc1ccccc1CN1CC(O)CC1CN(C)C. The predicted molar refractivity (Wildman–Crippen MR) is 74.6 cm³/mol. The molecule has 0 radical (unpaired) electrons. The highest BCUT2D eigenvalue weighted by Crippen LogP contribution is 2.22. The van der Waals surface area contributed by atoms with Crippen LogP contribution in [-0.4, -0.2) is 54.2 Å². The molecule has 100 valence electrons. The Morgan fingerprint density at radius 2 is 2.06 bits per heavy atom. The van der Waals surface area contributed by atoms with Gasteiger partial charge in [-0.3, -0.25) is 4.90 Å². The minimum absolute atomic E-state index is 0.168. The Morgan fingerprint density at radius 3 is 2.72 bits per heavy atom. The molecule has 3 nitrogen and oxygen atoms in total. The molecule has 2 rings (SSSR count). The zero-order valence-electron chi connectivity index (χ0n) is 11.6. The van der Waals surface area contributed by atoms with Gasteiger partial charge in [0.25, 0.3) is 0 Å². The highest BCUT2D eigenvalue weighted by Gasteiger charge is 2.31. The van der Waals surface area contributed by atoms with Gasteiger partial charge in [-0.05, 0) is 38.6 Å². The summed E-state index contributed by atoms with van der Waals surface area (Å²) in [5.41, 5.74) is 2.71. The summed E-state index contributed by atoms with van der Waals surface area (Å²) in [4.78, 5) is 4.61. The molecular weight excluding hydrogens is 224 g/mol. The van der Waals surface area contributed by atoms with Crippen molar-refractivity contribution >= 4 is 0 Å². The van der Waals surface area contributed by atoms with Gasteiger partial charge in [-0.15, -0.1) is 0 Å². The summed E-state index contributed by atoms with van der Waals surface area (Å²) < 4.78 is 0. The molecule has 1 saturated heterocycles. The summed E-state index contributed by atoms with van der Waals surface area (Å²) in [5, 5.41) is 9.87. The summed E-state index contributed by atoms with van der Waals surface area (Å²) >= 11 is 0. The second-order valence-electron chi connectivity index (χ2n) is 5.66. The Labute approximate surface area is 110 Å². The molecule has 1 aliphatic heterocycles. The Bertz CT molecular complexity index is 392. The van der Waals surface area contributed by atoms with Gasteiger partial charge in [0.05, 0.1) is 6.10 Å². The molecule has 0 bridgehead atoms. The van der Waals surface area contributed by atoms with Gasteiger partial charge >= 0.3 is 0 Å². The van der Waals surface area contributed by atoms with Crippen molar-refractivity contribution in [1.82, 2.24) is 9.80 Å². The zero-order chi connectivity index (χ0) is 13.1. The number of β-amino-alcohol motifs (C(OH)–C–C–N with tert-alkyl or cyclic N) is 1. The number of aliphatic hydroxyl groups is 1. The zero-order valence-corrected chi connectivity index (χ0v) is 11.6. The summed E-state index contributed by atoms with van der Waals surface area (Å²) in [7, 11) is 4.19. The molecule has 1 aromatic rings. The number of hydrogen-bond donors (Lipinski definition) is 1. The summed E-state index contributed by atoms with van der Waals surface area (Å²) in [6.07, 6.45) is 0.725. The predicted octanol–water partition coefficient (Wildman–Crippen LogP) is 1.49. The monoisotopic (exact) mass is 248 g/mol. The highest BCUT2D eigenvalue weighted by molar-refractivity contribution is 5.25. The normalized spacial score (nSPS) is 24.9. The second-order valence-corrected chi connectivity index (χ2v) is 5.66. The van der Waals surface area contributed by atoms with Crippen LogP contribution >= 0.6 is 0 Å². The quantitative estimate of drug-likeness (QED) is 0.874. The van der Waals surface area contributed by atoms with Crippen LogP contribution in [0.15, 0.2) is 24.3 Å². The van der Waals surface area contributed by atoms with E-state index in [1.165, 1.54) is 11.1 Å². The van der Waals surface area contributed by atoms with E-state index in [0.29, 0.717) is 6.04 Å². The van der Waals surface area contributed by atoms with Crippen molar-refractivity contribution in [3.8, 4) is 0 Å². The van der Waals surface area contributed by atoms with Gasteiger partial charge in [0.2, 0.25) is 0 Å². The van der Waals surface area contributed by atoms with E-state index in [4.69, 9.17) is 0 Å². The van der Waals surface area contributed by atoms with E-state index in [1.807, 2.05) is 0 Å². The highest BCUT2D eigenvalue weighted by atomic mass is 16.3. The van der Waals surface area contributed by atoms with Gasteiger partial charge in [0.1, 0.15) is 0 Å². The first-order valence-corrected chi connectivity index (χ1v) is 6.67. The number of aryl methyl sites for hydroxylation is 1. The molecule has 0 saturated carbocycles. The van der Waals surface area contributed by atoms with Crippen LogP contribution in [0.25, 0.3) is 0 Å². The fraction of sp³-hybridized carbons (Fsp3) is 0.600. The first-order chi connectivity index (χ1) is 8.56. The molecule has 1 aromatic carbocycles. The number of benzene rings is 1. The maximum absolute atomic E-state index is 9.87. The first-order valence-electron chi connectivity index (χ1n) is 6.67. The number of nitrogens with zero attached hydrogens (tertiary/aromatic N) is 2. The van der Waals surface area contributed by atoms with Crippen molar-refractivity contribution in [3.05, 3.63) is 35.4 Å². The topological polar surface area (TPSA) is 26.7 Å². The fourth-order valence-electron chi connectivity index (χ4n) is 2.77. The Kier molecular flexibility index (Phi) is 4.38. The number of likely N-dealkylation sites (tertiary alicyclic amines) is 1. The maximum Gasteiger partial charge on any atom is 0.0682 e. The molecule has 0 aromatic heterocycles. The number of rotatable bonds is 4. The summed E-state index contributed by atoms with van der Waals surface area (Å²) in [5.74, 6) is 0. The van der Waals surface area contributed by atoms with E-state index in [1.54, 1.807) is 0 Å². The molecule has 1 fully saturated rings. The van der Waals surface area contributed by atoms with Gasteiger partial charge in [-0.25, -0.2) is 0 Å². The number of likely N-dealkylation sites (N-methyl/N-ethyl adjacent to an activating group) is 1. The average molecular weight is 248 g/mol. The van der Waals surface area contributed by atoms with E-state index < -0.39 is 0 Å². The standard InChI is InChI=1S/C15H24N2O/c1-12-6-4-5-7-13(12)9-17-11-15(18)8-14(17)10-16(2)3/h4-7,14-15,18H,8-11H2,1-3H3. The molecule has 2 unspecified atom stereocenters. The van der Waals surface area contributed by atoms with Crippen molar-refractivity contribution in [2.24, 2.45) is 0 Å². The second kappa shape index (κ2) is 5.83. The van der Waals surface area contributed by atoms with E-state index >= 15 is 0 Å². The third-order valence-electron chi connectivity index (χ3n) is 3.72. The third kappa shape index (κ3) is 3.31. The van der Waals surface area contributed by atoms with Gasteiger partial charge in [-0.2, -0.15) is 0 Å². The van der Waals surface area contributed by atoms with E-state index in [2.05, 4.69) is 55.1 Å².